The minimum absolute atomic E-state index is 0.297. The number of carbonyl (C=O) groups excluding carboxylic acids is 1. The van der Waals surface area contributed by atoms with E-state index >= 15 is 0 Å². The van der Waals surface area contributed by atoms with Gasteiger partial charge < -0.3 is 24.7 Å². The van der Waals surface area contributed by atoms with Gasteiger partial charge in [-0.25, -0.2) is 14.4 Å². The van der Waals surface area contributed by atoms with Crippen molar-refractivity contribution in [2.75, 3.05) is 33.2 Å². The molecule has 174 valence electrons. The first-order valence-corrected chi connectivity index (χ1v) is 10.2. The molecule has 2 aromatic rings. The summed E-state index contributed by atoms with van der Waals surface area (Å²) in [5, 5.41) is 24.0. The number of likely N-dealkylation sites (N-methyl/N-ethyl adjacent to an activating group) is 1. The monoisotopic (exact) mass is 454 g/mol. The summed E-state index contributed by atoms with van der Waals surface area (Å²) < 4.78 is 5.46. The number of nitrogens with zero attached hydrogens (tertiary/aromatic N) is 4. The van der Waals surface area contributed by atoms with Crippen LogP contribution < -0.4 is 4.74 Å². The molecule has 2 aromatic carbocycles. The van der Waals surface area contributed by atoms with Crippen molar-refractivity contribution in [2.45, 2.75) is 6.42 Å². The van der Waals surface area contributed by atoms with Gasteiger partial charge in [-0.2, -0.15) is 10.2 Å². The van der Waals surface area contributed by atoms with Gasteiger partial charge in [-0.1, -0.05) is 18.2 Å². The number of hydrogen-bond acceptors (Lipinski definition) is 7. The fourth-order valence-corrected chi connectivity index (χ4v) is 2.73. The van der Waals surface area contributed by atoms with Gasteiger partial charge in [0.2, 0.25) is 0 Å². The second-order valence-electron chi connectivity index (χ2n) is 7.05. The van der Waals surface area contributed by atoms with Crippen molar-refractivity contribution in [1.82, 2.24) is 9.80 Å². The van der Waals surface area contributed by atoms with E-state index in [-0.39, 0.29) is 6.09 Å². The van der Waals surface area contributed by atoms with Gasteiger partial charge in [0.15, 0.2) is 0 Å². The minimum Gasteiger partial charge on any atom is -0.478 e. The smallest absolute Gasteiger partial charge is 0.415 e. The first kappa shape index (κ1) is 25.2. The van der Waals surface area contributed by atoms with Crippen molar-refractivity contribution >= 4 is 29.4 Å². The molecule has 10 heteroatoms. The fraction of sp³-hybridized carbons (Fsp3) is 0.261. The zero-order valence-corrected chi connectivity index (χ0v) is 18.2. The molecule has 1 aliphatic heterocycles. The van der Waals surface area contributed by atoms with E-state index in [9.17, 15) is 14.4 Å². The topological polar surface area (TPSA) is 132 Å². The maximum atomic E-state index is 12.3. The Morgan fingerprint density at radius 2 is 1.39 bits per heavy atom. The van der Waals surface area contributed by atoms with Gasteiger partial charge in [0.25, 0.3) is 0 Å². The Hall–Kier alpha value is -4.05. The van der Waals surface area contributed by atoms with Crippen molar-refractivity contribution in [3.8, 4) is 5.75 Å². The Kier molecular flexibility index (Phi) is 10.2. The van der Waals surface area contributed by atoms with E-state index in [1.54, 1.807) is 29.2 Å². The van der Waals surface area contributed by atoms with Gasteiger partial charge in [0, 0.05) is 31.8 Å². The molecule has 0 saturated carbocycles. The summed E-state index contributed by atoms with van der Waals surface area (Å²) in [6.07, 6.45) is 1.78. The Balaban J connectivity index is 0.000000414. The number of benzene rings is 2. The molecule has 0 radical (unpaired) electrons. The third kappa shape index (κ3) is 10.2. The Morgan fingerprint density at radius 1 is 0.818 bits per heavy atom. The van der Waals surface area contributed by atoms with E-state index in [1.165, 1.54) is 0 Å². The summed E-state index contributed by atoms with van der Waals surface area (Å²) in [5.74, 6) is -2.00. The van der Waals surface area contributed by atoms with Crippen LogP contribution in [-0.4, -0.2) is 71.3 Å². The van der Waals surface area contributed by atoms with E-state index in [0.717, 1.165) is 31.7 Å². The predicted octanol–water partition coefficient (Wildman–Crippen LogP) is 3.95. The summed E-state index contributed by atoms with van der Waals surface area (Å²) in [7, 11) is 2.07. The van der Waals surface area contributed by atoms with Crippen LogP contribution in [-0.2, 0) is 9.59 Å². The molecular formula is C23H26N4O6. The molecule has 33 heavy (non-hydrogen) atoms. The molecule has 0 unspecified atom stereocenters. The summed E-state index contributed by atoms with van der Waals surface area (Å²) in [6.45, 7) is 3.30. The number of carboxylic acid groups (broad SMARTS) is 2. The van der Waals surface area contributed by atoms with Crippen molar-refractivity contribution in [1.29, 1.82) is 0 Å². The largest absolute Gasteiger partial charge is 0.478 e. The van der Waals surface area contributed by atoms with Crippen LogP contribution in [0.25, 0.3) is 0 Å². The highest BCUT2D eigenvalue weighted by molar-refractivity contribution is 5.89. The molecule has 1 aliphatic rings. The summed E-state index contributed by atoms with van der Waals surface area (Å²) >= 11 is 0. The molecule has 0 aliphatic carbocycles. The molecule has 3 rings (SSSR count). The van der Waals surface area contributed by atoms with E-state index in [1.807, 2.05) is 30.3 Å². The SMILES string of the molecule is CN1CCCN(C(=O)Oc2ccc(N=Nc3ccccc3)cc2)CC1.O=C(O)/C=C/C(=O)O. The van der Waals surface area contributed by atoms with Crippen LogP contribution in [0.2, 0.25) is 0 Å². The number of hydrogen-bond donors (Lipinski definition) is 2. The van der Waals surface area contributed by atoms with Crippen LogP contribution in [0.15, 0.2) is 77.0 Å². The van der Waals surface area contributed by atoms with E-state index in [0.29, 0.717) is 30.1 Å². The summed E-state index contributed by atoms with van der Waals surface area (Å²) in [6, 6.07) is 16.6. The molecule has 0 spiro atoms. The molecule has 2 N–H and O–H groups in total. The quantitative estimate of drug-likeness (QED) is 0.516. The lowest BCUT2D eigenvalue weighted by Crippen LogP contribution is -2.36. The number of rotatable bonds is 5. The highest BCUT2D eigenvalue weighted by atomic mass is 16.6. The van der Waals surface area contributed by atoms with Crippen molar-refractivity contribution in [3.63, 3.8) is 0 Å². The van der Waals surface area contributed by atoms with Gasteiger partial charge in [0.1, 0.15) is 5.75 Å². The second-order valence-corrected chi connectivity index (χ2v) is 7.05. The number of azo groups is 1. The number of carbonyl (C=O) groups is 3. The van der Waals surface area contributed by atoms with Gasteiger partial charge in [-0.3, -0.25) is 0 Å². The Bertz CT molecular complexity index is 960. The first-order chi connectivity index (χ1) is 15.8. The fourth-order valence-electron chi connectivity index (χ4n) is 2.73. The van der Waals surface area contributed by atoms with Crippen LogP contribution in [0.4, 0.5) is 16.2 Å². The van der Waals surface area contributed by atoms with Gasteiger partial charge in [0.05, 0.1) is 11.4 Å². The molecule has 1 heterocycles. The summed E-state index contributed by atoms with van der Waals surface area (Å²) in [5.41, 5.74) is 1.50. The van der Waals surface area contributed by atoms with Crippen molar-refractivity contribution in [2.24, 2.45) is 10.2 Å². The number of aliphatic carboxylic acids is 2. The van der Waals surface area contributed by atoms with Crippen LogP contribution in [0.5, 0.6) is 5.75 Å². The van der Waals surface area contributed by atoms with Crippen LogP contribution in [0.3, 0.4) is 0 Å². The van der Waals surface area contributed by atoms with Crippen molar-refractivity contribution < 1.29 is 29.3 Å². The summed E-state index contributed by atoms with van der Waals surface area (Å²) in [4.78, 5) is 35.4. The Labute approximate surface area is 191 Å². The molecule has 1 amide bonds. The maximum absolute atomic E-state index is 12.3. The number of ether oxygens (including phenoxy) is 1. The van der Waals surface area contributed by atoms with E-state index in [4.69, 9.17) is 14.9 Å². The highest BCUT2D eigenvalue weighted by Gasteiger charge is 2.19. The molecule has 0 atom stereocenters. The van der Waals surface area contributed by atoms with Gasteiger partial charge >= 0.3 is 18.0 Å². The molecule has 10 nitrogen and oxygen atoms in total. The molecule has 0 bridgehead atoms. The lowest BCUT2D eigenvalue weighted by molar-refractivity contribution is -0.134. The second kappa shape index (κ2) is 13.4. The molecular weight excluding hydrogens is 428 g/mol. The lowest BCUT2D eigenvalue weighted by Gasteiger charge is -2.19. The lowest BCUT2D eigenvalue weighted by atomic mass is 10.3. The zero-order chi connectivity index (χ0) is 24.1. The number of amides is 1. The molecule has 1 saturated heterocycles. The number of carboxylic acids is 2. The standard InChI is InChI=1S/C19H22N4O2.C4H4O4/c1-22-12-5-13-23(15-14-22)19(24)25-18-10-8-17(9-11-18)21-20-16-6-3-2-4-7-16;5-3(6)1-2-4(7)8/h2-4,6-11H,5,12-15H2,1H3;1-2H,(H,5,6)(H,7,8)/b;2-1+. The molecule has 0 aromatic heterocycles. The maximum Gasteiger partial charge on any atom is 0.415 e. The predicted molar refractivity (Wildman–Crippen MR) is 121 cm³/mol. The normalized spacial score (nSPS) is 14.4. The van der Waals surface area contributed by atoms with E-state index in [2.05, 4.69) is 22.2 Å². The van der Waals surface area contributed by atoms with Crippen LogP contribution >= 0.6 is 0 Å². The third-order valence-electron chi connectivity index (χ3n) is 4.43. The van der Waals surface area contributed by atoms with Gasteiger partial charge in [-0.05, 0) is 56.4 Å². The van der Waals surface area contributed by atoms with E-state index < -0.39 is 11.9 Å². The average molecular weight is 454 g/mol. The first-order valence-electron chi connectivity index (χ1n) is 10.2. The van der Waals surface area contributed by atoms with Crippen LogP contribution in [0.1, 0.15) is 6.42 Å². The minimum atomic E-state index is -1.26. The zero-order valence-electron chi connectivity index (χ0n) is 18.2. The van der Waals surface area contributed by atoms with Gasteiger partial charge in [-0.15, -0.1) is 0 Å². The Morgan fingerprint density at radius 3 is 1.97 bits per heavy atom. The average Bonchev–Trinajstić information content (AvgIpc) is 3.03. The third-order valence-corrected chi connectivity index (χ3v) is 4.43. The van der Waals surface area contributed by atoms with Crippen LogP contribution in [0, 0.1) is 0 Å². The van der Waals surface area contributed by atoms with Crippen molar-refractivity contribution in [3.05, 3.63) is 66.7 Å². The molecule has 1 fully saturated rings. The highest BCUT2D eigenvalue weighted by Crippen LogP contribution is 2.21.